The van der Waals surface area contributed by atoms with Gasteiger partial charge in [-0.05, 0) is 43.7 Å². The maximum atomic E-state index is 8.95. The zero-order valence-electron chi connectivity index (χ0n) is 11.7. The molecular formula is C14H24N2O2. The highest BCUT2D eigenvalue weighted by molar-refractivity contribution is 5.43. The van der Waals surface area contributed by atoms with Crippen LogP contribution in [0.5, 0.6) is 5.75 Å². The van der Waals surface area contributed by atoms with Gasteiger partial charge in [-0.3, -0.25) is 0 Å². The molecular weight excluding hydrogens is 228 g/mol. The number of aliphatic hydroxyl groups excluding tert-OH is 1. The summed E-state index contributed by atoms with van der Waals surface area (Å²) in [5, 5.41) is 8.95. The highest BCUT2D eigenvalue weighted by Gasteiger charge is 2.10. The average Bonchev–Trinajstić information content (AvgIpc) is 2.35. The molecule has 4 heteroatoms. The second-order valence-corrected chi connectivity index (χ2v) is 4.82. The fourth-order valence-corrected chi connectivity index (χ4v) is 2.06. The fourth-order valence-electron chi connectivity index (χ4n) is 2.06. The lowest BCUT2D eigenvalue weighted by atomic mass is 10.0. The van der Waals surface area contributed by atoms with E-state index in [0.29, 0.717) is 6.54 Å². The summed E-state index contributed by atoms with van der Waals surface area (Å²) in [7, 11) is 3.70. The van der Waals surface area contributed by atoms with E-state index in [2.05, 4.69) is 24.8 Å². The summed E-state index contributed by atoms with van der Waals surface area (Å²) in [5.41, 5.74) is 9.42. The van der Waals surface area contributed by atoms with E-state index in [0.717, 1.165) is 12.3 Å². The van der Waals surface area contributed by atoms with Gasteiger partial charge in [-0.15, -0.1) is 0 Å². The Morgan fingerprint density at radius 2 is 2.00 bits per heavy atom. The van der Waals surface area contributed by atoms with Gasteiger partial charge in [0.2, 0.25) is 0 Å². The SMILES string of the molecule is COc1ccc(CN(C)CC(N)CO)c(C)c1C. The number of hydrogen-bond acceptors (Lipinski definition) is 4. The molecule has 1 rings (SSSR count). The lowest BCUT2D eigenvalue weighted by Crippen LogP contribution is -2.37. The van der Waals surface area contributed by atoms with Gasteiger partial charge in [-0.2, -0.15) is 0 Å². The third-order valence-electron chi connectivity index (χ3n) is 3.29. The second-order valence-electron chi connectivity index (χ2n) is 4.82. The number of methoxy groups -OCH3 is 1. The molecule has 4 nitrogen and oxygen atoms in total. The molecule has 0 bridgehead atoms. The van der Waals surface area contributed by atoms with Crippen LogP contribution >= 0.6 is 0 Å². The molecule has 0 radical (unpaired) electrons. The predicted molar refractivity (Wildman–Crippen MR) is 73.9 cm³/mol. The third-order valence-corrected chi connectivity index (χ3v) is 3.29. The van der Waals surface area contributed by atoms with E-state index in [1.54, 1.807) is 7.11 Å². The van der Waals surface area contributed by atoms with Gasteiger partial charge in [0.15, 0.2) is 0 Å². The first kappa shape index (κ1) is 15.0. The molecule has 1 atom stereocenters. The lowest BCUT2D eigenvalue weighted by molar-refractivity contribution is 0.218. The van der Waals surface area contributed by atoms with Crippen molar-refractivity contribution in [3.05, 3.63) is 28.8 Å². The van der Waals surface area contributed by atoms with Gasteiger partial charge in [0.1, 0.15) is 5.75 Å². The summed E-state index contributed by atoms with van der Waals surface area (Å²) in [4.78, 5) is 2.12. The minimum Gasteiger partial charge on any atom is -0.496 e. The van der Waals surface area contributed by atoms with E-state index < -0.39 is 0 Å². The summed E-state index contributed by atoms with van der Waals surface area (Å²) < 4.78 is 5.30. The molecule has 0 fully saturated rings. The Morgan fingerprint density at radius 1 is 1.33 bits per heavy atom. The number of aliphatic hydroxyl groups is 1. The van der Waals surface area contributed by atoms with Crippen molar-refractivity contribution in [1.29, 1.82) is 0 Å². The van der Waals surface area contributed by atoms with Crippen LogP contribution in [0.1, 0.15) is 16.7 Å². The average molecular weight is 252 g/mol. The molecule has 0 saturated carbocycles. The molecule has 3 N–H and O–H groups in total. The third kappa shape index (κ3) is 3.70. The highest BCUT2D eigenvalue weighted by atomic mass is 16.5. The Balaban J connectivity index is 2.76. The monoisotopic (exact) mass is 252 g/mol. The summed E-state index contributed by atoms with van der Waals surface area (Å²) >= 11 is 0. The van der Waals surface area contributed by atoms with E-state index in [1.807, 2.05) is 13.1 Å². The van der Waals surface area contributed by atoms with Crippen LogP contribution in [0, 0.1) is 13.8 Å². The lowest BCUT2D eigenvalue weighted by Gasteiger charge is -2.22. The van der Waals surface area contributed by atoms with Crippen LogP contribution in [-0.2, 0) is 6.54 Å². The summed E-state index contributed by atoms with van der Waals surface area (Å²) in [5.74, 6) is 0.922. The zero-order chi connectivity index (χ0) is 13.7. The summed E-state index contributed by atoms with van der Waals surface area (Å²) in [6.07, 6.45) is 0. The standard InChI is InChI=1S/C14H24N2O2/c1-10-11(2)14(18-4)6-5-12(10)7-16(3)8-13(15)9-17/h5-6,13,17H,7-9,15H2,1-4H3. The first-order valence-electron chi connectivity index (χ1n) is 6.17. The van der Waals surface area contributed by atoms with Crippen molar-refractivity contribution in [2.75, 3.05) is 27.3 Å². The van der Waals surface area contributed by atoms with Gasteiger partial charge in [0.05, 0.1) is 13.7 Å². The Labute approximate surface area is 109 Å². The van der Waals surface area contributed by atoms with Crippen molar-refractivity contribution >= 4 is 0 Å². The van der Waals surface area contributed by atoms with Crippen LogP contribution in [0.4, 0.5) is 0 Å². The summed E-state index contributed by atoms with van der Waals surface area (Å²) in [6, 6.07) is 3.90. The van der Waals surface area contributed by atoms with Crippen molar-refractivity contribution < 1.29 is 9.84 Å². The van der Waals surface area contributed by atoms with Gasteiger partial charge in [0.25, 0.3) is 0 Å². The molecule has 0 amide bonds. The van der Waals surface area contributed by atoms with Crippen LogP contribution in [0.3, 0.4) is 0 Å². The predicted octanol–water partition coefficient (Wildman–Crippen LogP) is 1.06. The quantitative estimate of drug-likeness (QED) is 0.795. The van der Waals surface area contributed by atoms with Crippen LogP contribution in [0.15, 0.2) is 12.1 Å². The number of rotatable bonds is 6. The van der Waals surface area contributed by atoms with Crippen LogP contribution < -0.4 is 10.5 Å². The highest BCUT2D eigenvalue weighted by Crippen LogP contribution is 2.24. The molecule has 1 unspecified atom stereocenters. The van der Waals surface area contributed by atoms with E-state index in [9.17, 15) is 0 Å². The van der Waals surface area contributed by atoms with E-state index in [1.165, 1.54) is 16.7 Å². The molecule has 0 aliphatic carbocycles. The smallest absolute Gasteiger partial charge is 0.122 e. The first-order valence-corrected chi connectivity index (χ1v) is 6.17. The number of likely N-dealkylation sites (N-methyl/N-ethyl adjacent to an activating group) is 1. The molecule has 0 aliphatic rings. The Hall–Kier alpha value is -1.10. The van der Waals surface area contributed by atoms with Crippen LogP contribution in [0.25, 0.3) is 0 Å². The zero-order valence-corrected chi connectivity index (χ0v) is 11.7. The Kier molecular flexibility index (Phi) is 5.59. The van der Waals surface area contributed by atoms with Crippen molar-refractivity contribution in [1.82, 2.24) is 4.90 Å². The number of benzene rings is 1. The van der Waals surface area contributed by atoms with Crippen LogP contribution in [0.2, 0.25) is 0 Å². The number of ether oxygens (including phenoxy) is 1. The van der Waals surface area contributed by atoms with Crippen molar-refractivity contribution in [3.8, 4) is 5.75 Å². The summed E-state index contributed by atoms with van der Waals surface area (Å²) in [6.45, 7) is 5.69. The number of nitrogens with two attached hydrogens (primary N) is 1. The molecule has 18 heavy (non-hydrogen) atoms. The molecule has 1 aromatic rings. The molecule has 0 aromatic heterocycles. The van der Waals surface area contributed by atoms with Gasteiger partial charge in [-0.25, -0.2) is 0 Å². The maximum Gasteiger partial charge on any atom is 0.122 e. The second kappa shape index (κ2) is 6.73. The van der Waals surface area contributed by atoms with E-state index >= 15 is 0 Å². The minimum absolute atomic E-state index is 0.0188. The van der Waals surface area contributed by atoms with E-state index in [-0.39, 0.29) is 12.6 Å². The van der Waals surface area contributed by atoms with Crippen LogP contribution in [-0.4, -0.2) is 43.4 Å². The first-order chi connectivity index (χ1) is 8.49. The molecule has 1 aromatic carbocycles. The van der Waals surface area contributed by atoms with Gasteiger partial charge >= 0.3 is 0 Å². The van der Waals surface area contributed by atoms with Crippen molar-refractivity contribution in [2.45, 2.75) is 26.4 Å². The fraction of sp³-hybridized carbons (Fsp3) is 0.571. The Morgan fingerprint density at radius 3 is 2.56 bits per heavy atom. The normalized spacial score (nSPS) is 12.8. The largest absolute Gasteiger partial charge is 0.496 e. The van der Waals surface area contributed by atoms with Gasteiger partial charge < -0.3 is 20.5 Å². The topological polar surface area (TPSA) is 58.7 Å². The molecule has 0 spiro atoms. The molecule has 0 aliphatic heterocycles. The Bertz CT molecular complexity index is 394. The maximum absolute atomic E-state index is 8.95. The van der Waals surface area contributed by atoms with Crippen molar-refractivity contribution in [2.24, 2.45) is 5.73 Å². The van der Waals surface area contributed by atoms with Gasteiger partial charge in [0, 0.05) is 19.1 Å². The molecule has 0 saturated heterocycles. The molecule has 0 heterocycles. The number of hydrogen-bond donors (Lipinski definition) is 2. The van der Waals surface area contributed by atoms with E-state index in [4.69, 9.17) is 15.6 Å². The number of nitrogens with zero attached hydrogens (tertiary/aromatic N) is 1. The van der Waals surface area contributed by atoms with Gasteiger partial charge in [-0.1, -0.05) is 6.07 Å². The molecule has 102 valence electrons. The van der Waals surface area contributed by atoms with Crippen molar-refractivity contribution in [3.63, 3.8) is 0 Å². The minimum atomic E-state index is -0.186.